The van der Waals surface area contributed by atoms with Gasteiger partial charge in [0.2, 0.25) is 0 Å². The van der Waals surface area contributed by atoms with Crippen molar-refractivity contribution < 1.29 is 4.74 Å². The molecule has 2 aliphatic heterocycles. The molecular formula is C17H26N2O. The zero-order chi connectivity index (χ0) is 13.8. The SMILES string of the molecule is CCCNC1CCN(CC2CCOC2)c2ccccc21. The molecule has 0 aliphatic carbocycles. The second kappa shape index (κ2) is 6.59. The molecule has 2 heterocycles. The summed E-state index contributed by atoms with van der Waals surface area (Å²) in [5.74, 6) is 0.711. The van der Waals surface area contributed by atoms with E-state index in [9.17, 15) is 0 Å². The average Bonchev–Trinajstić information content (AvgIpc) is 2.99. The van der Waals surface area contributed by atoms with Crippen molar-refractivity contribution in [2.45, 2.75) is 32.2 Å². The number of hydrogen-bond donors (Lipinski definition) is 1. The Bertz CT molecular complexity index is 429. The molecule has 2 atom stereocenters. The summed E-state index contributed by atoms with van der Waals surface area (Å²) in [4.78, 5) is 2.57. The zero-order valence-corrected chi connectivity index (χ0v) is 12.5. The van der Waals surface area contributed by atoms with Crippen molar-refractivity contribution in [3.63, 3.8) is 0 Å². The average molecular weight is 274 g/mol. The van der Waals surface area contributed by atoms with Gasteiger partial charge in [-0.05, 0) is 37.4 Å². The van der Waals surface area contributed by atoms with Crippen LogP contribution in [0, 0.1) is 5.92 Å². The van der Waals surface area contributed by atoms with Crippen molar-refractivity contribution in [1.82, 2.24) is 5.32 Å². The Labute approximate surface area is 122 Å². The van der Waals surface area contributed by atoms with Gasteiger partial charge in [-0.15, -0.1) is 0 Å². The lowest BCUT2D eigenvalue weighted by molar-refractivity contribution is 0.186. The van der Waals surface area contributed by atoms with Crippen LogP contribution in [-0.4, -0.2) is 32.8 Å². The van der Waals surface area contributed by atoms with Crippen molar-refractivity contribution in [2.24, 2.45) is 5.92 Å². The second-order valence-corrected chi connectivity index (χ2v) is 6.03. The summed E-state index contributed by atoms with van der Waals surface area (Å²) in [6, 6.07) is 9.44. The summed E-state index contributed by atoms with van der Waals surface area (Å²) >= 11 is 0. The Kier molecular flexibility index (Phi) is 4.58. The lowest BCUT2D eigenvalue weighted by Gasteiger charge is -2.37. The summed E-state index contributed by atoms with van der Waals surface area (Å²) in [5.41, 5.74) is 2.91. The van der Waals surface area contributed by atoms with Gasteiger partial charge in [0.25, 0.3) is 0 Å². The van der Waals surface area contributed by atoms with Gasteiger partial charge >= 0.3 is 0 Å². The molecule has 0 radical (unpaired) electrons. The predicted molar refractivity (Wildman–Crippen MR) is 83.2 cm³/mol. The first-order chi connectivity index (χ1) is 9.88. The van der Waals surface area contributed by atoms with Crippen LogP contribution in [-0.2, 0) is 4.74 Å². The molecule has 0 saturated carbocycles. The molecule has 2 aliphatic rings. The molecule has 1 N–H and O–H groups in total. The number of ether oxygens (including phenoxy) is 1. The fourth-order valence-corrected chi connectivity index (χ4v) is 3.39. The normalized spacial score (nSPS) is 25.8. The number of hydrogen-bond acceptors (Lipinski definition) is 3. The van der Waals surface area contributed by atoms with Crippen LogP contribution in [0.1, 0.15) is 37.8 Å². The maximum absolute atomic E-state index is 5.52. The highest BCUT2D eigenvalue weighted by molar-refractivity contribution is 5.57. The smallest absolute Gasteiger partial charge is 0.0512 e. The van der Waals surface area contributed by atoms with Gasteiger partial charge < -0.3 is 15.0 Å². The quantitative estimate of drug-likeness (QED) is 0.893. The maximum Gasteiger partial charge on any atom is 0.0512 e. The van der Waals surface area contributed by atoms with E-state index in [4.69, 9.17) is 4.74 Å². The maximum atomic E-state index is 5.52. The lowest BCUT2D eigenvalue weighted by atomic mass is 9.95. The second-order valence-electron chi connectivity index (χ2n) is 6.03. The van der Waals surface area contributed by atoms with E-state index in [0.717, 1.165) is 32.8 Å². The predicted octanol–water partition coefficient (Wildman–Crippen LogP) is 2.97. The number of rotatable bonds is 5. The van der Waals surface area contributed by atoms with Crippen LogP contribution in [0.5, 0.6) is 0 Å². The van der Waals surface area contributed by atoms with Gasteiger partial charge in [-0.25, -0.2) is 0 Å². The highest BCUT2D eigenvalue weighted by atomic mass is 16.5. The third-order valence-electron chi connectivity index (χ3n) is 4.48. The van der Waals surface area contributed by atoms with Crippen molar-refractivity contribution in [3.05, 3.63) is 29.8 Å². The Morgan fingerprint density at radius 1 is 1.30 bits per heavy atom. The Balaban J connectivity index is 1.73. The van der Waals surface area contributed by atoms with Crippen LogP contribution in [0.25, 0.3) is 0 Å². The summed E-state index contributed by atoms with van der Waals surface area (Å²) in [7, 11) is 0. The van der Waals surface area contributed by atoms with Gasteiger partial charge in [0.1, 0.15) is 0 Å². The van der Waals surface area contributed by atoms with Gasteiger partial charge in [0.05, 0.1) is 6.61 Å². The van der Waals surface area contributed by atoms with E-state index in [1.165, 1.54) is 30.5 Å². The zero-order valence-electron chi connectivity index (χ0n) is 12.5. The fourth-order valence-electron chi connectivity index (χ4n) is 3.39. The lowest BCUT2D eigenvalue weighted by Crippen LogP contribution is -2.38. The first-order valence-electron chi connectivity index (χ1n) is 8.03. The molecule has 1 aromatic carbocycles. The molecule has 0 spiro atoms. The van der Waals surface area contributed by atoms with Crippen molar-refractivity contribution in [3.8, 4) is 0 Å². The molecule has 0 bridgehead atoms. The summed E-state index contributed by atoms with van der Waals surface area (Å²) in [6.07, 6.45) is 3.63. The van der Waals surface area contributed by atoms with Gasteiger partial charge in [0.15, 0.2) is 0 Å². The molecule has 3 heteroatoms. The molecule has 1 saturated heterocycles. The number of anilines is 1. The Hall–Kier alpha value is -1.06. The Morgan fingerprint density at radius 2 is 2.20 bits per heavy atom. The van der Waals surface area contributed by atoms with Crippen molar-refractivity contribution in [1.29, 1.82) is 0 Å². The van der Waals surface area contributed by atoms with E-state index in [1.807, 2.05) is 0 Å². The minimum Gasteiger partial charge on any atom is -0.381 e. The third kappa shape index (κ3) is 2.99. The van der Waals surface area contributed by atoms with E-state index in [1.54, 1.807) is 0 Å². The Morgan fingerprint density at radius 3 is 3.00 bits per heavy atom. The molecule has 110 valence electrons. The number of nitrogens with one attached hydrogen (secondary N) is 1. The summed E-state index contributed by atoms with van der Waals surface area (Å²) in [6.45, 7) is 7.53. The van der Waals surface area contributed by atoms with E-state index >= 15 is 0 Å². The highest BCUT2D eigenvalue weighted by Crippen LogP contribution is 2.34. The molecule has 3 nitrogen and oxygen atoms in total. The minimum absolute atomic E-state index is 0.530. The fraction of sp³-hybridized carbons (Fsp3) is 0.647. The number of para-hydroxylation sites is 1. The molecule has 1 aromatic rings. The van der Waals surface area contributed by atoms with Crippen LogP contribution in [0.3, 0.4) is 0 Å². The molecule has 0 aromatic heterocycles. The van der Waals surface area contributed by atoms with E-state index in [0.29, 0.717) is 12.0 Å². The standard InChI is InChI=1S/C17H26N2O/c1-2-9-18-16-7-10-19(12-14-8-11-20-13-14)17-6-4-3-5-15(16)17/h3-6,14,16,18H,2,7-13H2,1H3. The van der Waals surface area contributed by atoms with E-state index in [2.05, 4.69) is 41.4 Å². The van der Waals surface area contributed by atoms with E-state index in [-0.39, 0.29) is 0 Å². The number of benzene rings is 1. The molecule has 2 unspecified atom stereocenters. The number of fused-ring (bicyclic) bond motifs is 1. The topological polar surface area (TPSA) is 24.5 Å². The van der Waals surface area contributed by atoms with Crippen molar-refractivity contribution >= 4 is 5.69 Å². The first-order valence-corrected chi connectivity index (χ1v) is 8.03. The largest absolute Gasteiger partial charge is 0.381 e. The summed E-state index contributed by atoms with van der Waals surface area (Å²) < 4.78 is 5.52. The highest BCUT2D eigenvalue weighted by Gasteiger charge is 2.27. The van der Waals surface area contributed by atoms with E-state index < -0.39 is 0 Å². The van der Waals surface area contributed by atoms with Crippen LogP contribution in [0.4, 0.5) is 5.69 Å². The third-order valence-corrected chi connectivity index (χ3v) is 4.48. The molecule has 20 heavy (non-hydrogen) atoms. The van der Waals surface area contributed by atoms with Crippen LogP contribution < -0.4 is 10.2 Å². The van der Waals surface area contributed by atoms with Gasteiger partial charge in [-0.2, -0.15) is 0 Å². The van der Waals surface area contributed by atoms with Gasteiger partial charge in [0, 0.05) is 37.3 Å². The van der Waals surface area contributed by atoms with Crippen LogP contribution in [0.2, 0.25) is 0 Å². The van der Waals surface area contributed by atoms with Crippen LogP contribution >= 0.6 is 0 Å². The molecular weight excluding hydrogens is 248 g/mol. The van der Waals surface area contributed by atoms with Crippen molar-refractivity contribution in [2.75, 3.05) is 37.7 Å². The molecule has 3 rings (SSSR count). The number of nitrogens with zero attached hydrogens (tertiary/aromatic N) is 1. The molecule has 0 amide bonds. The monoisotopic (exact) mass is 274 g/mol. The molecule has 1 fully saturated rings. The minimum atomic E-state index is 0.530. The van der Waals surface area contributed by atoms with Crippen LogP contribution in [0.15, 0.2) is 24.3 Å². The van der Waals surface area contributed by atoms with Gasteiger partial charge in [-0.1, -0.05) is 25.1 Å². The first kappa shape index (κ1) is 13.9. The summed E-state index contributed by atoms with van der Waals surface area (Å²) in [5, 5.41) is 3.69. The van der Waals surface area contributed by atoms with Gasteiger partial charge in [-0.3, -0.25) is 0 Å².